The van der Waals surface area contributed by atoms with Crippen molar-refractivity contribution in [3.05, 3.63) is 28.2 Å². The SMILES string of the molecule is S=C1N=CN=C2NC(N=Nc3cc(Cl)ccc3Cl)=NC12. The number of halogens is 2. The van der Waals surface area contributed by atoms with E-state index in [-0.39, 0.29) is 0 Å². The molecule has 20 heavy (non-hydrogen) atoms. The van der Waals surface area contributed by atoms with Crippen LogP contribution in [0.5, 0.6) is 0 Å². The van der Waals surface area contributed by atoms with Crippen molar-refractivity contribution in [1.82, 2.24) is 5.32 Å². The molecule has 1 atom stereocenters. The zero-order chi connectivity index (χ0) is 14.1. The number of azo groups is 1. The summed E-state index contributed by atoms with van der Waals surface area (Å²) in [5, 5.41) is 11.9. The zero-order valence-corrected chi connectivity index (χ0v) is 12.1. The molecule has 0 amide bonds. The number of hydrogen-bond donors (Lipinski definition) is 1. The molecular weight excluding hydrogens is 319 g/mol. The lowest BCUT2D eigenvalue weighted by atomic mass is 10.3. The van der Waals surface area contributed by atoms with Gasteiger partial charge in [0.15, 0.2) is 6.04 Å². The van der Waals surface area contributed by atoms with Gasteiger partial charge in [0.2, 0.25) is 5.96 Å². The van der Waals surface area contributed by atoms with Gasteiger partial charge in [-0.3, -0.25) is 0 Å². The van der Waals surface area contributed by atoms with Crippen LogP contribution in [0.15, 0.2) is 43.4 Å². The van der Waals surface area contributed by atoms with Crippen LogP contribution in [0.4, 0.5) is 5.69 Å². The van der Waals surface area contributed by atoms with Crippen molar-refractivity contribution in [2.75, 3.05) is 0 Å². The molecule has 0 saturated carbocycles. The summed E-state index contributed by atoms with van der Waals surface area (Å²) in [7, 11) is 0. The molecular formula is C11H6Cl2N6S. The summed E-state index contributed by atoms with van der Waals surface area (Å²) < 4.78 is 0. The Kier molecular flexibility index (Phi) is 3.56. The van der Waals surface area contributed by atoms with Gasteiger partial charge in [0.1, 0.15) is 22.9 Å². The van der Waals surface area contributed by atoms with Gasteiger partial charge in [-0.1, -0.05) is 35.4 Å². The van der Waals surface area contributed by atoms with Gasteiger partial charge >= 0.3 is 0 Å². The first kappa shape index (κ1) is 13.3. The number of rotatable bonds is 1. The third kappa shape index (κ3) is 2.60. The van der Waals surface area contributed by atoms with E-state index in [1.807, 2.05) is 0 Å². The number of nitrogens with zero attached hydrogens (tertiary/aromatic N) is 5. The number of hydrogen-bond acceptors (Lipinski definition) is 6. The second-order valence-electron chi connectivity index (χ2n) is 3.87. The van der Waals surface area contributed by atoms with Crippen LogP contribution in [0.1, 0.15) is 0 Å². The Morgan fingerprint density at radius 2 is 2.10 bits per heavy atom. The Bertz CT molecular complexity index is 709. The molecule has 0 saturated heterocycles. The van der Waals surface area contributed by atoms with Gasteiger partial charge in [0.25, 0.3) is 0 Å². The molecule has 6 nitrogen and oxygen atoms in total. The monoisotopic (exact) mass is 324 g/mol. The van der Waals surface area contributed by atoms with Crippen LogP contribution in [0.3, 0.4) is 0 Å². The van der Waals surface area contributed by atoms with E-state index >= 15 is 0 Å². The lowest BCUT2D eigenvalue weighted by Gasteiger charge is -2.07. The van der Waals surface area contributed by atoms with Crippen molar-refractivity contribution in [3.8, 4) is 0 Å². The van der Waals surface area contributed by atoms with E-state index in [0.29, 0.717) is 32.5 Å². The number of benzene rings is 1. The van der Waals surface area contributed by atoms with Crippen LogP contribution in [0.2, 0.25) is 10.0 Å². The fourth-order valence-electron chi connectivity index (χ4n) is 1.61. The highest BCUT2D eigenvalue weighted by Gasteiger charge is 2.29. The van der Waals surface area contributed by atoms with Crippen molar-refractivity contribution >= 4 is 64.2 Å². The van der Waals surface area contributed by atoms with Crippen LogP contribution >= 0.6 is 35.4 Å². The summed E-state index contributed by atoms with van der Waals surface area (Å²) in [5.74, 6) is 0.897. The summed E-state index contributed by atoms with van der Waals surface area (Å²) in [6.07, 6.45) is 1.38. The average molecular weight is 325 g/mol. The highest BCUT2D eigenvalue weighted by molar-refractivity contribution is 7.80. The molecule has 0 aliphatic carbocycles. The van der Waals surface area contributed by atoms with Gasteiger partial charge in [-0.2, -0.15) is 0 Å². The van der Waals surface area contributed by atoms with Gasteiger partial charge in [0.05, 0.1) is 5.02 Å². The number of amidine groups is 1. The van der Waals surface area contributed by atoms with E-state index in [1.165, 1.54) is 6.34 Å². The predicted octanol–water partition coefficient (Wildman–Crippen LogP) is 3.17. The van der Waals surface area contributed by atoms with Crippen LogP contribution in [-0.4, -0.2) is 29.2 Å². The Labute approximate surface area is 129 Å². The van der Waals surface area contributed by atoms with Crippen LogP contribution in [0, 0.1) is 0 Å². The molecule has 2 aliphatic heterocycles. The minimum absolute atomic E-state index is 0.303. The quantitative estimate of drug-likeness (QED) is 0.636. The maximum atomic E-state index is 5.99. The highest BCUT2D eigenvalue weighted by Crippen LogP contribution is 2.28. The third-order valence-electron chi connectivity index (χ3n) is 2.53. The first-order valence-electron chi connectivity index (χ1n) is 5.49. The van der Waals surface area contributed by atoms with Gasteiger partial charge in [0, 0.05) is 5.02 Å². The molecule has 0 spiro atoms. The van der Waals surface area contributed by atoms with Crippen molar-refractivity contribution in [2.24, 2.45) is 25.2 Å². The summed E-state index contributed by atoms with van der Waals surface area (Å²) in [5.41, 5.74) is 0.458. The average Bonchev–Trinajstić information content (AvgIpc) is 2.84. The number of guanidine groups is 1. The Hall–Kier alpha value is -1.70. The molecule has 0 bridgehead atoms. The lowest BCUT2D eigenvalue weighted by molar-refractivity contribution is 1.14. The number of aliphatic imine (C=N–C) groups is 3. The first-order chi connectivity index (χ1) is 9.63. The van der Waals surface area contributed by atoms with E-state index in [1.54, 1.807) is 18.2 Å². The summed E-state index contributed by atoms with van der Waals surface area (Å²) in [6.45, 7) is 0. The van der Waals surface area contributed by atoms with E-state index < -0.39 is 6.04 Å². The number of thiocarbonyl (C=S) groups is 1. The smallest absolute Gasteiger partial charge is 0.244 e. The summed E-state index contributed by atoms with van der Waals surface area (Å²) in [6, 6.07) is 4.54. The maximum Gasteiger partial charge on any atom is 0.244 e. The van der Waals surface area contributed by atoms with Crippen molar-refractivity contribution < 1.29 is 0 Å². The predicted molar refractivity (Wildman–Crippen MR) is 83.9 cm³/mol. The Morgan fingerprint density at radius 3 is 2.90 bits per heavy atom. The van der Waals surface area contributed by atoms with Crippen molar-refractivity contribution in [2.45, 2.75) is 6.04 Å². The lowest BCUT2D eigenvalue weighted by Crippen LogP contribution is -2.34. The number of fused-ring (bicyclic) bond motifs is 1. The van der Waals surface area contributed by atoms with E-state index in [9.17, 15) is 0 Å². The maximum absolute atomic E-state index is 5.99. The molecule has 9 heteroatoms. The highest BCUT2D eigenvalue weighted by atomic mass is 35.5. The molecule has 1 unspecified atom stereocenters. The zero-order valence-electron chi connectivity index (χ0n) is 9.79. The van der Waals surface area contributed by atoms with E-state index in [0.717, 1.165) is 0 Å². The minimum Gasteiger partial charge on any atom is -0.309 e. The molecule has 0 fully saturated rings. The van der Waals surface area contributed by atoms with E-state index in [2.05, 4.69) is 30.5 Å². The van der Waals surface area contributed by atoms with Gasteiger partial charge < -0.3 is 5.32 Å². The Balaban J connectivity index is 1.83. The standard InChI is InChI=1S/C11H6Cl2N6S/c12-5-1-2-6(13)7(3-5)18-19-11-16-8-9(17-11)14-4-15-10(8)20/h1-4,8H,(H,14,15,16,17,20). The van der Waals surface area contributed by atoms with E-state index in [4.69, 9.17) is 35.4 Å². The first-order valence-corrected chi connectivity index (χ1v) is 6.65. The molecule has 3 rings (SSSR count). The topological polar surface area (TPSA) is 73.8 Å². The van der Waals surface area contributed by atoms with Crippen molar-refractivity contribution in [1.29, 1.82) is 0 Å². The largest absolute Gasteiger partial charge is 0.309 e. The fourth-order valence-corrected chi connectivity index (χ4v) is 2.14. The van der Waals surface area contributed by atoms with Crippen LogP contribution in [0.25, 0.3) is 0 Å². The van der Waals surface area contributed by atoms with Gasteiger partial charge in [-0.05, 0) is 18.2 Å². The summed E-state index contributed by atoms with van der Waals surface area (Å²) in [4.78, 5) is 12.6. The van der Waals surface area contributed by atoms with Gasteiger partial charge in [-0.15, -0.1) is 10.2 Å². The molecule has 0 radical (unpaired) electrons. The van der Waals surface area contributed by atoms with Crippen molar-refractivity contribution in [3.63, 3.8) is 0 Å². The molecule has 1 aromatic rings. The Morgan fingerprint density at radius 1 is 1.25 bits per heavy atom. The molecule has 100 valence electrons. The minimum atomic E-state index is -0.390. The molecule has 0 aromatic heterocycles. The molecule has 1 N–H and O–H groups in total. The molecule has 2 aliphatic rings. The van der Waals surface area contributed by atoms with Crippen LogP contribution < -0.4 is 5.32 Å². The second kappa shape index (κ2) is 5.35. The fraction of sp³-hybridized carbons (Fsp3) is 0.0909. The summed E-state index contributed by atoms with van der Waals surface area (Å²) >= 11 is 16.9. The van der Waals surface area contributed by atoms with Gasteiger partial charge in [-0.25, -0.2) is 15.0 Å². The second-order valence-corrected chi connectivity index (χ2v) is 5.14. The molecule has 2 heterocycles. The molecule has 1 aromatic carbocycles. The normalized spacial score (nSPS) is 20.7. The third-order valence-corrected chi connectivity index (χ3v) is 3.41. The van der Waals surface area contributed by atoms with Crippen LogP contribution in [-0.2, 0) is 0 Å². The number of nitrogens with one attached hydrogen (secondary N) is 1.